The highest BCUT2D eigenvalue weighted by molar-refractivity contribution is 6.53. The van der Waals surface area contributed by atoms with Crippen LogP contribution in [0.1, 0.15) is 5.56 Å². The third-order valence-electron chi connectivity index (χ3n) is 3.80. The number of carbonyl (C=O) groups is 2. The lowest BCUT2D eigenvalue weighted by atomic mass is 10.2. The Labute approximate surface area is 154 Å². The van der Waals surface area contributed by atoms with Crippen LogP contribution in [0, 0.1) is 6.92 Å². The zero-order valence-corrected chi connectivity index (χ0v) is 15.0. The molecule has 0 bridgehead atoms. The number of carbonyl (C=O) groups excluding carboxylic acids is 2. The van der Waals surface area contributed by atoms with E-state index in [4.69, 9.17) is 27.9 Å². The minimum atomic E-state index is -0.567. The zero-order valence-electron chi connectivity index (χ0n) is 13.5. The van der Waals surface area contributed by atoms with E-state index in [0.29, 0.717) is 22.1 Å². The largest absolute Gasteiger partial charge is 0.495 e. The lowest BCUT2D eigenvalue weighted by molar-refractivity contribution is -0.120. The van der Waals surface area contributed by atoms with Crippen molar-refractivity contribution in [3.05, 3.63) is 63.8 Å². The lowest BCUT2D eigenvalue weighted by Gasteiger charge is -2.17. The number of methoxy groups -OCH3 is 1. The molecule has 2 aromatic rings. The Kier molecular flexibility index (Phi) is 4.70. The number of rotatable bonds is 4. The molecule has 0 saturated carbocycles. The second-order valence-electron chi connectivity index (χ2n) is 5.40. The molecule has 128 valence electrons. The van der Waals surface area contributed by atoms with Crippen LogP contribution in [0.5, 0.6) is 5.75 Å². The molecule has 2 amide bonds. The highest BCUT2D eigenvalue weighted by Crippen LogP contribution is 2.33. The van der Waals surface area contributed by atoms with Crippen molar-refractivity contribution in [3.63, 3.8) is 0 Å². The SMILES string of the molecule is COc1ccc(NC2=C(Cl)C(=O)N(c3ccccc3C)C2=O)cc1Cl. The van der Waals surface area contributed by atoms with Crippen molar-refractivity contribution < 1.29 is 14.3 Å². The Morgan fingerprint density at radius 1 is 1.04 bits per heavy atom. The molecule has 0 fully saturated rings. The molecule has 5 nitrogen and oxygen atoms in total. The standard InChI is InChI=1S/C18H14Cl2N2O3/c1-10-5-3-4-6-13(10)22-17(23)15(20)16(18(22)24)21-11-7-8-14(25-2)12(19)9-11/h3-9,21H,1-2H3. The van der Waals surface area contributed by atoms with Crippen LogP contribution >= 0.6 is 23.2 Å². The Bertz CT molecular complexity index is 909. The molecule has 0 radical (unpaired) electrons. The van der Waals surface area contributed by atoms with Crippen LogP contribution in [-0.2, 0) is 9.59 Å². The average molecular weight is 377 g/mol. The molecular formula is C18H14Cl2N2O3. The summed E-state index contributed by atoms with van der Waals surface area (Å²) in [5.41, 5.74) is 1.82. The van der Waals surface area contributed by atoms with Crippen LogP contribution in [0.4, 0.5) is 11.4 Å². The average Bonchev–Trinajstić information content (AvgIpc) is 2.79. The first-order chi connectivity index (χ1) is 11.9. The number of anilines is 2. The van der Waals surface area contributed by atoms with E-state index in [1.807, 2.05) is 19.1 Å². The van der Waals surface area contributed by atoms with Gasteiger partial charge in [0, 0.05) is 5.69 Å². The lowest BCUT2D eigenvalue weighted by Crippen LogP contribution is -2.32. The van der Waals surface area contributed by atoms with Gasteiger partial charge in [-0.1, -0.05) is 41.4 Å². The fourth-order valence-electron chi connectivity index (χ4n) is 2.53. The van der Waals surface area contributed by atoms with Gasteiger partial charge < -0.3 is 10.1 Å². The summed E-state index contributed by atoms with van der Waals surface area (Å²) in [5, 5.41) is 3.08. The summed E-state index contributed by atoms with van der Waals surface area (Å²) in [5.74, 6) is -0.582. The highest BCUT2D eigenvalue weighted by atomic mass is 35.5. The van der Waals surface area contributed by atoms with Crippen LogP contribution < -0.4 is 15.0 Å². The van der Waals surface area contributed by atoms with Gasteiger partial charge in [-0.2, -0.15) is 0 Å². The third kappa shape index (κ3) is 3.08. The first-order valence-corrected chi connectivity index (χ1v) is 8.14. The first-order valence-electron chi connectivity index (χ1n) is 7.38. The van der Waals surface area contributed by atoms with Gasteiger partial charge in [0.1, 0.15) is 16.5 Å². The number of hydrogen-bond donors (Lipinski definition) is 1. The van der Waals surface area contributed by atoms with Gasteiger partial charge in [-0.3, -0.25) is 9.59 Å². The van der Waals surface area contributed by atoms with Crippen LogP contribution in [0.15, 0.2) is 53.2 Å². The Morgan fingerprint density at radius 2 is 1.76 bits per heavy atom. The van der Waals surface area contributed by atoms with Gasteiger partial charge in [0.25, 0.3) is 11.8 Å². The topological polar surface area (TPSA) is 58.6 Å². The fourth-order valence-corrected chi connectivity index (χ4v) is 3.00. The molecule has 7 heteroatoms. The minimum absolute atomic E-state index is 0.0103. The molecule has 3 rings (SSSR count). The van der Waals surface area contributed by atoms with Crippen LogP contribution in [0.3, 0.4) is 0 Å². The van der Waals surface area contributed by atoms with E-state index >= 15 is 0 Å². The summed E-state index contributed by atoms with van der Waals surface area (Å²) in [7, 11) is 1.51. The van der Waals surface area contributed by atoms with E-state index < -0.39 is 11.8 Å². The monoisotopic (exact) mass is 376 g/mol. The molecule has 1 N–H and O–H groups in total. The van der Waals surface area contributed by atoms with Crippen LogP contribution in [0.25, 0.3) is 0 Å². The third-order valence-corrected chi connectivity index (χ3v) is 4.45. The Morgan fingerprint density at radius 3 is 2.40 bits per heavy atom. The number of nitrogens with zero attached hydrogens (tertiary/aromatic N) is 1. The normalized spacial score (nSPS) is 14.3. The van der Waals surface area contributed by atoms with Gasteiger partial charge in [0.05, 0.1) is 17.8 Å². The van der Waals surface area contributed by atoms with E-state index in [9.17, 15) is 9.59 Å². The molecule has 1 heterocycles. The van der Waals surface area contributed by atoms with Gasteiger partial charge in [-0.25, -0.2) is 4.90 Å². The molecule has 1 aliphatic heterocycles. The van der Waals surface area contributed by atoms with Crippen molar-refractivity contribution in [3.8, 4) is 5.75 Å². The molecule has 0 atom stereocenters. The van der Waals surface area contributed by atoms with E-state index in [-0.39, 0.29) is 10.7 Å². The number of hydrogen-bond acceptors (Lipinski definition) is 4. The number of aryl methyl sites for hydroxylation is 1. The quantitative estimate of drug-likeness (QED) is 0.816. The van der Waals surface area contributed by atoms with Gasteiger partial charge in [-0.15, -0.1) is 0 Å². The maximum Gasteiger partial charge on any atom is 0.283 e. The number of amides is 2. The first kappa shape index (κ1) is 17.3. The summed E-state index contributed by atoms with van der Waals surface area (Å²) in [6.07, 6.45) is 0. The van der Waals surface area contributed by atoms with Gasteiger partial charge in [-0.05, 0) is 36.8 Å². The molecular weight excluding hydrogens is 363 g/mol. The molecule has 25 heavy (non-hydrogen) atoms. The van der Waals surface area contributed by atoms with Gasteiger partial charge in [0.2, 0.25) is 0 Å². The van der Waals surface area contributed by atoms with Crippen molar-refractivity contribution in [1.29, 1.82) is 0 Å². The van der Waals surface area contributed by atoms with Crippen molar-refractivity contribution in [2.24, 2.45) is 0 Å². The fraction of sp³-hybridized carbons (Fsp3) is 0.111. The molecule has 0 unspecified atom stereocenters. The smallest absolute Gasteiger partial charge is 0.283 e. The van der Waals surface area contributed by atoms with Crippen molar-refractivity contribution >= 4 is 46.4 Å². The number of ether oxygens (including phenoxy) is 1. The number of imide groups is 1. The van der Waals surface area contributed by atoms with E-state index in [1.165, 1.54) is 7.11 Å². The summed E-state index contributed by atoms with van der Waals surface area (Å²) in [6.45, 7) is 1.82. The predicted molar refractivity (Wildman–Crippen MR) is 98.2 cm³/mol. The molecule has 0 aromatic heterocycles. The maximum absolute atomic E-state index is 12.7. The number of para-hydroxylation sites is 1. The van der Waals surface area contributed by atoms with Gasteiger partial charge in [0.15, 0.2) is 0 Å². The highest BCUT2D eigenvalue weighted by Gasteiger charge is 2.39. The van der Waals surface area contributed by atoms with E-state index in [0.717, 1.165) is 10.5 Å². The second-order valence-corrected chi connectivity index (χ2v) is 6.18. The molecule has 0 spiro atoms. The number of nitrogens with one attached hydrogen (secondary N) is 1. The molecule has 0 aliphatic carbocycles. The molecule has 2 aromatic carbocycles. The summed E-state index contributed by atoms with van der Waals surface area (Å²) in [6, 6.07) is 12.0. The second kappa shape index (κ2) is 6.78. The van der Waals surface area contributed by atoms with Gasteiger partial charge >= 0.3 is 0 Å². The number of halogens is 2. The van der Waals surface area contributed by atoms with Crippen LogP contribution in [-0.4, -0.2) is 18.9 Å². The predicted octanol–water partition coefficient (Wildman–Crippen LogP) is 4.09. The van der Waals surface area contributed by atoms with Crippen molar-refractivity contribution in [2.45, 2.75) is 6.92 Å². The number of benzene rings is 2. The van der Waals surface area contributed by atoms with E-state index in [1.54, 1.807) is 30.3 Å². The minimum Gasteiger partial charge on any atom is -0.495 e. The van der Waals surface area contributed by atoms with E-state index in [2.05, 4.69) is 5.32 Å². The van der Waals surface area contributed by atoms with Crippen molar-refractivity contribution in [1.82, 2.24) is 0 Å². The summed E-state index contributed by atoms with van der Waals surface area (Å²) in [4.78, 5) is 26.3. The summed E-state index contributed by atoms with van der Waals surface area (Å²) < 4.78 is 5.09. The Balaban J connectivity index is 1.92. The Hall–Kier alpha value is -2.50. The van der Waals surface area contributed by atoms with Crippen molar-refractivity contribution in [2.75, 3.05) is 17.3 Å². The molecule has 1 aliphatic rings. The maximum atomic E-state index is 12.7. The zero-order chi connectivity index (χ0) is 18.1. The molecule has 0 saturated heterocycles. The van der Waals surface area contributed by atoms with Crippen LogP contribution in [0.2, 0.25) is 5.02 Å². The summed E-state index contributed by atoms with van der Waals surface area (Å²) >= 11 is 12.2.